The summed E-state index contributed by atoms with van der Waals surface area (Å²) in [6, 6.07) is 6.03. The largest absolute Gasteiger partial charge is 0.399 e. The van der Waals surface area contributed by atoms with Crippen molar-refractivity contribution in [2.75, 3.05) is 37.9 Å². The molecule has 3 N–H and O–H groups in total. The monoisotopic (exact) mass is 291 g/mol. The molecule has 1 amide bonds. The molecule has 0 aliphatic carbocycles. The van der Waals surface area contributed by atoms with Gasteiger partial charge in [0.1, 0.15) is 0 Å². The molecule has 5 heteroatoms. The topological polar surface area (TPSA) is 67.6 Å². The lowest BCUT2D eigenvalue weighted by Crippen LogP contribution is -2.33. The molecule has 0 radical (unpaired) electrons. The highest BCUT2D eigenvalue weighted by molar-refractivity contribution is 5.91. The van der Waals surface area contributed by atoms with E-state index in [4.69, 9.17) is 10.5 Å². The summed E-state index contributed by atoms with van der Waals surface area (Å²) in [6.07, 6.45) is 2.47. The lowest BCUT2D eigenvalue weighted by atomic mass is 10.1. The second kappa shape index (κ2) is 7.43. The summed E-state index contributed by atoms with van der Waals surface area (Å²) >= 11 is 0. The van der Waals surface area contributed by atoms with Crippen LogP contribution in [-0.2, 0) is 9.53 Å². The van der Waals surface area contributed by atoms with Crippen molar-refractivity contribution in [3.63, 3.8) is 0 Å². The minimum absolute atomic E-state index is 0.0546. The number of benzene rings is 1. The molecule has 1 aromatic rings. The van der Waals surface area contributed by atoms with Gasteiger partial charge in [0.2, 0.25) is 5.91 Å². The predicted octanol–water partition coefficient (Wildman–Crippen LogP) is 2.02. The number of rotatable bonds is 6. The van der Waals surface area contributed by atoms with Crippen LogP contribution in [0.1, 0.15) is 24.8 Å². The standard InChI is InChI=1S/C16H25N3O2/c1-12-10-13(17)5-6-15(12)18-16(20)4-3-8-19(2)14-7-9-21-11-14/h5-6,10,14H,3-4,7-9,11,17H2,1-2H3,(H,18,20). The van der Waals surface area contributed by atoms with Crippen molar-refractivity contribution in [2.45, 2.75) is 32.2 Å². The average Bonchev–Trinajstić information content (AvgIpc) is 2.96. The van der Waals surface area contributed by atoms with Crippen LogP contribution in [0.2, 0.25) is 0 Å². The van der Waals surface area contributed by atoms with Gasteiger partial charge in [-0.2, -0.15) is 0 Å². The van der Waals surface area contributed by atoms with E-state index in [0.29, 0.717) is 18.2 Å². The van der Waals surface area contributed by atoms with Crippen molar-refractivity contribution in [3.05, 3.63) is 23.8 Å². The van der Waals surface area contributed by atoms with Crippen molar-refractivity contribution in [3.8, 4) is 0 Å². The SMILES string of the molecule is Cc1cc(N)ccc1NC(=O)CCCN(C)C1CCOC1. The molecule has 1 saturated heterocycles. The number of anilines is 2. The van der Waals surface area contributed by atoms with E-state index < -0.39 is 0 Å². The van der Waals surface area contributed by atoms with Crippen molar-refractivity contribution in [1.29, 1.82) is 0 Å². The van der Waals surface area contributed by atoms with Crippen LogP contribution in [0.5, 0.6) is 0 Å². The number of aryl methyl sites for hydroxylation is 1. The molecule has 1 atom stereocenters. The van der Waals surface area contributed by atoms with E-state index in [0.717, 1.165) is 43.9 Å². The van der Waals surface area contributed by atoms with Crippen LogP contribution in [0.25, 0.3) is 0 Å². The van der Waals surface area contributed by atoms with E-state index in [-0.39, 0.29) is 5.91 Å². The minimum atomic E-state index is 0.0546. The highest BCUT2D eigenvalue weighted by atomic mass is 16.5. The van der Waals surface area contributed by atoms with E-state index in [9.17, 15) is 4.79 Å². The predicted molar refractivity (Wildman–Crippen MR) is 85.3 cm³/mol. The summed E-state index contributed by atoms with van der Waals surface area (Å²) in [6.45, 7) is 4.53. The highest BCUT2D eigenvalue weighted by Crippen LogP contribution is 2.18. The summed E-state index contributed by atoms with van der Waals surface area (Å²) in [7, 11) is 2.10. The summed E-state index contributed by atoms with van der Waals surface area (Å²) in [4.78, 5) is 14.3. The number of nitrogens with zero attached hydrogens (tertiary/aromatic N) is 1. The summed E-state index contributed by atoms with van der Waals surface area (Å²) in [5.41, 5.74) is 8.25. The number of ether oxygens (including phenoxy) is 1. The van der Waals surface area contributed by atoms with Gasteiger partial charge in [0.05, 0.1) is 6.61 Å². The van der Waals surface area contributed by atoms with Gasteiger partial charge in [0.25, 0.3) is 0 Å². The molecular formula is C16H25N3O2. The summed E-state index contributed by atoms with van der Waals surface area (Å²) in [5, 5.41) is 2.94. The van der Waals surface area contributed by atoms with E-state index >= 15 is 0 Å². The van der Waals surface area contributed by atoms with E-state index in [2.05, 4.69) is 17.3 Å². The first kappa shape index (κ1) is 15.8. The molecule has 5 nitrogen and oxygen atoms in total. The molecular weight excluding hydrogens is 266 g/mol. The van der Waals surface area contributed by atoms with Gasteiger partial charge in [0.15, 0.2) is 0 Å². The zero-order valence-electron chi connectivity index (χ0n) is 12.9. The van der Waals surface area contributed by atoms with Gasteiger partial charge in [-0.1, -0.05) is 0 Å². The Balaban J connectivity index is 1.72. The van der Waals surface area contributed by atoms with Gasteiger partial charge >= 0.3 is 0 Å². The van der Waals surface area contributed by atoms with Gasteiger partial charge in [-0.25, -0.2) is 0 Å². The second-order valence-corrected chi connectivity index (χ2v) is 5.72. The molecule has 1 fully saturated rings. The Labute approximate surface area is 126 Å². The highest BCUT2D eigenvalue weighted by Gasteiger charge is 2.19. The first-order chi connectivity index (χ1) is 10.1. The molecule has 0 bridgehead atoms. The molecule has 1 heterocycles. The number of carbonyl (C=O) groups is 1. The minimum Gasteiger partial charge on any atom is -0.399 e. The summed E-state index contributed by atoms with van der Waals surface area (Å²) in [5.74, 6) is 0.0546. The van der Waals surface area contributed by atoms with Gasteiger partial charge in [0, 0.05) is 30.4 Å². The molecule has 116 valence electrons. The number of hydrogen-bond donors (Lipinski definition) is 2. The number of likely N-dealkylation sites (N-methyl/N-ethyl adjacent to an activating group) is 1. The number of nitrogens with one attached hydrogen (secondary N) is 1. The lowest BCUT2D eigenvalue weighted by Gasteiger charge is -2.22. The number of amides is 1. The molecule has 1 aliphatic rings. The van der Waals surface area contributed by atoms with Crippen LogP contribution in [0.15, 0.2) is 18.2 Å². The van der Waals surface area contributed by atoms with Gasteiger partial charge < -0.3 is 20.7 Å². The van der Waals surface area contributed by atoms with Crippen LogP contribution in [-0.4, -0.2) is 43.7 Å². The Morgan fingerprint density at radius 3 is 3.00 bits per heavy atom. The molecule has 1 aromatic carbocycles. The van der Waals surface area contributed by atoms with E-state index in [1.165, 1.54) is 0 Å². The quantitative estimate of drug-likeness (QED) is 0.787. The Morgan fingerprint density at radius 1 is 1.52 bits per heavy atom. The second-order valence-electron chi connectivity index (χ2n) is 5.72. The smallest absolute Gasteiger partial charge is 0.224 e. The van der Waals surface area contributed by atoms with Gasteiger partial charge in [-0.3, -0.25) is 4.79 Å². The third kappa shape index (κ3) is 4.72. The van der Waals surface area contributed by atoms with Crippen LogP contribution in [0.3, 0.4) is 0 Å². The molecule has 21 heavy (non-hydrogen) atoms. The molecule has 0 saturated carbocycles. The first-order valence-electron chi connectivity index (χ1n) is 7.50. The lowest BCUT2D eigenvalue weighted by molar-refractivity contribution is -0.116. The number of nitrogen functional groups attached to an aromatic ring is 1. The van der Waals surface area contributed by atoms with E-state index in [1.807, 2.05) is 19.1 Å². The van der Waals surface area contributed by atoms with Crippen molar-refractivity contribution < 1.29 is 9.53 Å². The molecule has 1 aliphatic heterocycles. The Bertz CT molecular complexity index is 484. The van der Waals surface area contributed by atoms with Crippen LogP contribution >= 0.6 is 0 Å². The Kier molecular flexibility index (Phi) is 5.59. The summed E-state index contributed by atoms with van der Waals surface area (Å²) < 4.78 is 5.38. The third-order valence-electron chi connectivity index (χ3n) is 3.97. The first-order valence-corrected chi connectivity index (χ1v) is 7.50. The average molecular weight is 291 g/mol. The van der Waals surface area contributed by atoms with Crippen LogP contribution in [0, 0.1) is 6.92 Å². The van der Waals surface area contributed by atoms with E-state index in [1.54, 1.807) is 6.07 Å². The molecule has 2 rings (SSSR count). The maximum absolute atomic E-state index is 12.0. The number of nitrogens with two attached hydrogens (primary N) is 1. The number of carbonyl (C=O) groups excluding carboxylic acids is 1. The Morgan fingerprint density at radius 2 is 2.33 bits per heavy atom. The molecule has 1 unspecified atom stereocenters. The fraction of sp³-hybridized carbons (Fsp3) is 0.562. The fourth-order valence-corrected chi connectivity index (χ4v) is 2.58. The van der Waals surface area contributed by atoms with Crippen molar-refractivity contribution >= 4 is 17.3 Å². The zero-order chi connectivity index (χ0) is 15.2. The number of hydrogen-bond acceptors (Lipinski definition) is 4. The van der Waals surface area contributed by atoms with Gasteiger partial charge in [-0.05, 0) is 57.1 Å². The maximum atomic E-state index is 12.0. The molecule has 0 spiro atoms. The molecule has 0 aromatic heterocycles. The third-order valence-corrected chi connectivity index (χ3v) is 3.97. The maximum Gasteiger partial charge on any atom is 0.224 e. The Hall–Kier alpha value is -1.59. The fourth-order valence-electron chi connectivity index (χ4n) is 2.58. The van der Waals surface area contributed by atoms with Gasteiger partial charge in [-0.15, -0.1) is 0 Å². The van der Waals surface area contributed by atoms with Crippen LogP contribution in [0.4, 0.5) is 11.4 Å². The normalized spacial score (nSPS) is 18.1. The zero-order valence-corrected chi connectivity index (χ0v) is 12.9. The van der Waals surface area contributed by atoms with Crippen molar-refractivity contribution in [1.82, 2.24) is 4.90 Å². The van der Waals surface area contributed by atoms with Crippen LogP contribution < -0.4 is 11.1 Å². The van der Waals surface area contributed by atoms with Crippen molar-refractivity contribution in [2.24, 2.45) is 0 Å².